The maximum Gasteiger partial charge on any atom is 0.0723 e. The summed E-state index contributed by atoms with van der Waals surface area (Å²) in [5.74, 6) is 0. The quantitative estimate of drug-likeness (QED) is 0.716. The fourth-order valence-corrected chi connectivity index (χ4v) is 2.47. The number of hydrogen-bond acceptors (Lipinski definition) is 2. The van der Waals surface area contributed by atoms with E-state index < -0.39 is 0 Å². The SMILES string of the molecule is Cc1cccc(Nc2ccnc3ccc(Br)cc23)c1. The summed E-state index contributed by atoms with van der Waals surface area (Å²) in [5.41, 5.74) is 4.38. The first kappa shape index (κ1) is 12.2. The molecule has 0 aliphatic rings. The zero-order chi connectivity index (χ0) is 13.2. The van der Waals surface area contributed by atoms with Crippen LogP contribution in [-0.4, -0.2) is 4.98 Å². The normalized spacial score (nSPS) is 10.6. The number of halogens is 1. The second-order valence-corrected chi connectivity index (χ2v) is 5.43. The van der Waals surface area contributed by atoms with Crippen molar-refractivity contribution in [3.63, 3.8) is 0 Å². The summed E-state index contributed by atoms with van der Waals surface area (Å²) in [5, 5.41) is 4.56. The molecule has 0 saturated heterocycles. The molecule has 1 aromatic heterocycles. The van der Waals surface area contributed by atoms with Crippen molar-refractivity contribution in [2.45, 2.75) is 6.92 Å². The van der Waals surface area contributed by atoms with Crippen molar-refractivity contribution in [2.75, 3.05) is 5.32 Å². The Kier molecular flexibility index (Phi) is 3.22. The molecule has 0 unspecified atom stereocenters. The molecule has 3 rings (SSSR count). The molecule has 0 saturated carbocycles. The Morgan fingerprint density at radius 1 is 1.05 bits per heavy atom. The van der Waals surface area contributed by atoms with Crippen molar-refractivity contribution in [1.82, 2.24) is 4.98 Å². The molecular weight excluding hydrogens is 300 g/mol. The Bertz CT molecular complexity index is 738. The first-order valence-electron chi connectivity index (χ1n) is 6.10. The van der Waals surface area contributed by atoms with Crippen molar-refractivity contribution in [1.29, 1.82) is 0 Å². The molecule has 0 bridgehead atoms. The highest BCUT2D eigenvalue weighted by Gasteiger charge is 2.03. The number of rotatable bonds is 2. The first-order chi connectivity index (χ1) is 9.22. The lowest BCUT2D eigenvalue weighted by Gasteiger charge is -2.10. The van der Waals surface area contributed by atoms with Crippen LogP contribution in [0.3, 0.4) is 0 Å². The molecule has 2 nitrogen and oxygen atoms in total. The van der Waals surface area contributed by atoms with Gasteiger partial charge in [0.15, 0.2) is 0 Å². The van der Waals surface area contributed by atoms with Crippen LogP contribution in [0.5, 0.6) is 0 Å². The van der Waals surface area contributed by atoms with Crippen LogP contribution in [0.4, 0.5) is 11.4 Å². The molecular formula is C16H13BrN2. The molecule has 3 aromatic rings. The molecule has 0 radical (unpaired) electrons. The van der Waals surface area contributed by atoms with E-state index in [1.807, 2.05) is 24.4 Å². The average Bonchev–Trinajstić information content (AvgIpc) is 2.39. The molecule has 0 fully saturated rings. The summed E-state index contributed by atoms with van der Waals surface area (Å²) < 4.78 is 1.06. The van der Waals surface area contributed by atoms with E-state index in [1.165, 1.54) is 5.56 Å². The number of aromatic nitrogens is 1. The maximum atomic E-state index is 4.38. The monoisotopic (exact) mass is 312 g/mol. The Morgan fingerprint density at radius 2 is 1.95 bits per heavy atom. The van der Waals surface area contributed by atoms with Gasteiger partial charge in [-0.25, -0.2) is 0 Å². The van der Waals surface area contributed by atoms with E-state index in [-0.39, 0.29) is 0 Å². The average molecular weight is 313 g/mol. The number of aryl methyl sites for hydroxylation is 1. The molecule has 1 heterocycles. The van der Waals surface area contributed by atoms with Crippen LogP contribution in [0.15, 0.2) is 59.2 Å². The third kappa shape index (κ3) is 2.61. The second kappa shape index (κ2) is 5.02. The van der Waals surface area contributed by atoms with Gasteiger partial charge in [0.1, 0.15) is 0 Å². The van der Waals surface area contributed by atoms with Crippen LogP contribution < -0.4 is 5.32 Å². The van der Waals surface area contributed by atoms with Crippen LogP contribution in [0.25, 0.3) is 10.9 Å². The molecule has 94 valence electrons. The minimum absolute atomic E-state index is 0.987. The van der Waals surface area contributed by atoms with Crippen LogP contribution in [-0.2, 0) is 0 Å². The lowest BCUT2D eigenvalue weighted by Crippen LogP contribution is -1.93. The predicted molar refractivity (Wildman–Crippen MR) is 83.9 cm³/mol. The number of fused-ring (bicyclic) bond motifs is 1. The minimum atomic E-state index is 0.987. The standard InChI is InChI=1S/C16H13BrN2/c1-11-3-2-4-13(9-11)19-16-7-8-18-15-6-5-12(17)10-14(15)16/h2-10H,1H3,(H,18,19). The maximum absolute atomic E-state index is 4.38. The summed E-state index contributed by atoms with van der Waals surface area (Å²) in [4.78, 5) is 4.38. The summed E-state index contributed by atoms with van der Waals surface area (Å²) >= 11 is 3.51. The van der Waals surface area contributed by atoms with Crippen molar-refractivity contribution in [3.05, 3.63) is 64.8 Å². The van der Waals surface area contributed by atoms with Crippen molar-refractivity contribution in [2.24, 2.45) is 0 Å². The number of nitrogens with one attached hydrogen (secondary N) is 1. The molecule has 0 aliphatic carbocycles. The zero-order valence-electron chi connectivity index (χ0n) is 10.5. The topological polar surface area (TPSA) is 24.9 Å². The van der Waals surface area contributed by atoms with Gasteiger partial charge in [0.2, 0.25) is 0 Å². The Balaban J connectivity index is 2.07. The van der Waals surface area contributed by atoms with E-state index in [0.29, 0.717) is 0 Å². The third-order valence-electron chi connectivity index (χ3n) is 3.00. The summed E-state index contributed by atoms with van der Waals surface area (Å²) in [6, 6.07) is 16.4. The highest BCUT2D eigenvalue weighted by Crippen LogP contribution is 2.27. The second-order valence-electron chi connectivity index (χ2n) is 4.51. The minimum Gasteiger partial charge on any atom is -0.355 e. The van der Waals surface area contributed by atoms with Gasteiger partial charge in [-0.15, -0.1) is 0 Å². The van der Waals surface area contributed by atoms with Crippen molar-refractivity contribution in [3.8, 4) is 0 Å². The van der Waals surface area contributed by atoms with Gasteiger partial charge in [0.05, 0.1) is 5.52 Å². The van der Waals surface area contributed by atoms with Crippen LogP contribution in [0.2, 0.25) is 0 Å². The summed E-state index contributed by atoms with van der Waals surface area (Å²) in [6.07, 6.45) is 1.83. The van der Waals surface area contributed by atoms with Crippen molar-refractivity contribution < 1.29 is 0 Å². The molecule has 0 aliphatic heterocycles. The number of benzene rings is 2. The number of pyridine rings is 1. The molecule has 3 heteroatoms. The molecule has 0 amide bonds. The Labute approximate surface area is 120 Å². The van der Waals surface area contributed by atoms with Gasteiger partial charge in [-0.2, -0.15) is 0 Å². The van der Waals surface area contributed by atoms with Gasteiger partial charge in [-0.1, -0.05) is 28.1 Å². The van der Waals surface area contributed by atoms with Crippen LogP contribution >= 0.6 is 15.9 Å². The Hall–Kier alpha value is -1.87. The smallest absolute Gasteiger partial charge is 0.0723 e. The summed E-state index contributed by atoms with van der Waals surface area (Å²) in [6.45, 7) is 2.09. The van der Waals surface area contributed by atoms with Gasteiger partial charge in [-0.05, 0) is 48.9 Å². The number of nitrogens with zero attached hydrogens (tertiary/aromatic N) is 1. The lowest BCUT2D eigenvalue weighted by atomic mass is 10.1. The van der Waals surface area contributed by atoms with Crippen molar-refractivity contribution >= 4 is 38.2 Å². The van der Waals surface area contributed by atoms with E-state index in [1.54, 1.807) is 0 Å². The number of hydrogen-bond donors (Lipinski definition) is 1. The largest absolute Gasteiger partial charge is 0.355 e. The predicted octanol–water partition coefficient (Wildman–Crippen LogP) is 5.05. The van der Waals surface area contributed by atoms with E-state index in [9.17, 15) is 0 Å². The lowest BCUT2D eigenvalue weighted by molar-refractivity contribution is 1.40. The fraction of sp³-hybridized carbons (Fsp3) is 0.0625. The Morgan fingerprint density at radius 3 is 2.79 bits per heavy atom. The van der Waals surface area contributed by atoms with E-state index in [0.717, 1.165) is 26.8 Å². The first-order valence-corrected chi connectivity index (χ1v) is 6.90. The van der Waals surface area contributed by atoms with Gasteiger partial charge in [0, 0.05) is 27.4 Å². The molecule has 0 atom stereocenters. The molecule has 19 heavy (non-hydrogen) atoms. The zero-order valence-corrected chi connectivity index (χ0v) is 12.1. The van der Waals surface area contributed by atoms with Crippen LogP contribution in [0, 0.1) is 6.92 Å². The summed E-state index contributed by atoms with van der Waals surface area (Å²) in [7, 11) is 0. The molecule has 1 N–H and O–H groups in total. The number of anilines is 2. The third-order valence-corrected chi connectivity index (χ3v) is 3.49. The van der Waals surface area contributed by atoms with E-state index >= 15 is 0 Å². The molecule has 2 aromatic carbocycles. The van der Waals surface area contributed by atoms with Gasteiger partial charge >= 0.3 is 0 Å². The van der Waals surface area contributed by atoms with E-state index in [4.69, 9.17) is 0 Å². The van der Waals surface area contributed by atoms with Crippen LogP contribution in [0.1, 0.15) is 5.56 Å². The van der Waals surface area contributed by atoms with Gasteiger partial charge in [0.25, 0.3) is 0 Å². The van der Waals surface area contributed by atoms with Gasteiger partial charge in [-0.3, -0.25) is 4.98 Å². The highest BCUT2D eigenvalue weighted by atomic mass is 79.9. The fourth-order valence-electron chi connectivity index (χ4n) is 2.11. The highest BCUT2D eigenvalue weighted by molar-refractivity contribution is 9.10. The van der Waals surface area contributed by atoms with Gasteiger partial charge < -0.3 is 5.32 Å². The molecule has 0 spiro atoms. The van der Waals surface area contributed by atoms with E-state index in [2.05, 4.69) is 63.5 Å².